The number of ether oxygens (including phenoxy) is 3. The van der Waals surface area contributed by atoms with Gasteiger partial charge in [0.25, 0.3) is 0 Å². The van der Waals surface area contributed by atoms with Crippen LogP contribution in [0.15, 0.2) is 90.3 Å². The molecule has 3 aromatic carbocycles. The highest BCUT2D eigenvalue weighted by Gasteiger charge is 2.32. The smallest absolute Gasteiger partial charge is 0.328 e. The van der Waals surface area contributed by atoms with E-state index in [1.165, 1.54) is 25.2 Å². The van der Waals surface area contributed by atoms with Crippen molar-refractivity contribution in [2.45, 2.75) is 49.1 Å². The van der Waals surface area contributed by atoms with Gasteiger partial charge in [-0.05, 0) is 28.8 Å². The van der Waals surface area contributed by atoms with Crippen LogP contribution in [0.4, 0.5) is 10.5 Å². The number of aliphatic hydroxyl groups excluding tert-OH is 1. The lowest BCUT2D eigenvalue weighted by atomic mass is 10.0. The minimum Gasteiger partial charge on any atom is -0.467 e. The molecule has 1 aliphatic heterocycles. The number of benzene rings is 3. The highest BCUT2D eigenvalue weighted by atomic mass is 32.2. The lowest BCUT2D eigenvalue weighted by Crippen LogP contribution is -2.45. The summed E-state index contributed by atoms with van der Waals surface area (Å²) in [6.45, 7) is -0.0250. The molecule has 11 nitrogen and oxygen atoms in total. The molecule has 43 heavy (non-hydrogen) atoms. The van der Waals surface area contributed by atoms with E-state index in [4.69, 9.17) is 14.2 Å². The number of methoxy groups -OCH3 is 1. The van der Waals surface area contributed by atoms with Gasteiger partial charge in [0.1, 0.15) is 12.4 Å². The molecular weight excluding hydrogens is 570 g/mol. The maximum absolute atomic E-state index is 12.8. The molecule has 2 amide bonds. The van der Waals surface area contributed by atoms with Gasteiger partial charge in [0.2, 0.25) is 0 Å². The minimum absolute atomic E-state index is 0.0250. The van der Waals surface area contributed by atoms with E-state index >= 15 is 0 Å². The number of aromatic nitrogens is 3. The second kappa shape index (κ2) is 14.8. The monoisotopic (exact) mass is 603 g/mol. The minimum atomic E-state index is -0.842. The van der Waals surface area contributed by atoms with Crippen LogP contribution in [-0.2, 0) is 32.0 Å². The molecule has 0 spiro atoms. The number of carbonyl (C=O) groups excluding carboxylic acids is 2. The predicted molar refractivity (Wildman–Crippen MR) is 160 cm³/mol. The third kappa shape index (κ3) is 8.42. The molecule has 5 rings (SSSR count). The Labute approximate surface area is 253 Å². The van der Waals surface area contributed by atoms with E-state index in [9.17, 15) is 14.7 Å². The highest BCUT2D eigenvalue weighted by Crippen LogP contribution is 2.39. The van der Waals surface area contributed by atoms with Crippen LogP contribution in [0.1, 0.15) is 41.1 Å². The largest absolute Gasteiger partial charge is 0.467 e. The van der Waals surface area contributed by atoms with Crippen LogP contribution >= 0.6 is 11.8 Å². The van der Waals surface area contributed by atoms with Crippen LogP contribution in [0, 0.1) is 0 Å². The van der Waals surface area contributed by atoms with Gasteiger partial charge in [-0.1, -0.05) is 78.5 Å². The van der Waals surface area contributed by atoms with Gasteiger partial charge in [0.05, 0.1) is 25.9 Å². The number of amides is 2. The first kappa shape index (κ1) is 30.2. The van der Waals surface area contributed by atoms with Gasteiger partial charge in [-0.2, -0.15) is 5.10 Å². The summed E-state index contributed by atoms with van der Waals surface area (Å²) in [6, 6.07) is 22.9. The molecule has 0 radical (unpaired) electrons. The zero-order chi connectivity index (χ0) is 30.0. The highest BCUT2D eigenvalue weighted by molar-refractivity contribution is 7.99. The standard InChI is InChI=1S/C31H33N5O6S/c1-40-28(38)26(15-20-5-3-2-4-6-20)35-30(39)34-24-13-11-23(12-14-24)29-41-25(18-43-31-32-19-33-36-31)16-27(42-29)22-9-7-21(17-37)8-10-22/h2-14,19,25-27,29,37H,15-18H2,1H3,(H,32,33,36)(H2,34,35,39)/t25-,26+,27+,29+/m1/s1. The van der Waals surface area contributed by atoms with Crippen molar-refractivity contribution in [1.82, 2.24) is 20.5 Å². The van der Waals surface area contributed by atoms with Crippen molar-refractivity contribution in [3.63, 3.8) is 0 Å². The van der Waals surface area contributed by atoms with E-state index in [-0.39, 0.29) is 18.8 Å². The third-order valence-corrected chi connectivity index (χ3v) is 7.94. The molecule has 0 bridgehead atoms. The molecule has 224 valence electrons. The number of urea groups is 1. The number of nitrogens with one attached hydrogen (secondary N) is 3. The van der Waals surface area contributed by atoms with Crippen LogP contribution in [-0.4, -0.2) is 57.3 Å². The Bertz CT molecular complexity index is 1450. The maximum atomic E-state index is 12.8. The van der Waals surface area contributed by atoms with Crippen molar-refractivity contribution in [2.24, 2.45) is 0 Å². The van der Waals surface area contributed by atoms with Gasteiger partial charge in [0, 0.05) is 29.8 Å². The molecule has 4 atom stereocenters. The van der Waals surface area contributed by atoms with Gasteiger partial charge in [-0.25, -0.2) is 14.6 Å². The van der Waals surface area contributed by atoms with Crippen molar-refractivity contribution in [3.8, 4) is 0 Å². The molecule has 4 N–H and O–H groups in total. The lowest BCUT2D eigenvalue weighted by molar-refractivity contribution is -0.245. The maximum Gasteiger partial charge on any atom is 0.328 e. The zero-order valence-electron chi connectivity index (χ0n) is 23.5. The summed E-state index contributed by atoms with van der Waals surface area (Å²) < 4.78 is 17.6. The number of aromatic amines is 1. The van der Waals surface area contributed by atoms with Crippen LogP contribution < -0.4 is 10.6 Å². The molecule has 1 fully saturated rings. The zero-order valence-corrected chi connectivity index (χ0v) is 24.3. The van der Waals surface area contributed by atoms with Crippen molar-refractivity contribution in [3.05, 3.63) is 107 Å². The number of thioether (sulfide) groups is 1. The first-order valence-corrected chi connectivity index (χ1v) is 14.8. The SMILES string of the molecule is COC(=O)[C@H](Cc1ccccc1)NC(=O)Nc1ccc([C@H]2O[C@@H](CSc3ncn[nH]3)C[C@@H](c3ccc(CO)cc3)O2)cc1. The molecular formula is C31H33N5O6S. The molecule has 1 aromatic heterocycles. The second-order valence-corrected chi connectivity index (χ2v) is 10.9. The Hall–Kier alpha value is -4.23. The summed E-state index contributed by atoms with van der Waals surface area (Å²) in [4.78, 5) is 29.3. The van der Waals surface area contributed by atoms with Crippen molar-refractivity contribution < 1.29 is 28.9 Å². The van der Waals surface area contributed by atoms with Gasteiger partial charge in [0.15, 0.2) is 11.4 Å². The topological polar surface area (TPSA) is 148 Å². The Kier molecular flexibility index (Phi) is 10.4. The van der Waals surface area contributed by atoms with E-state index in [1.807, 2.05) is 66.7 Å². The molecule has 0 aliphatic carbocycles. The summed E-state index contributed by atoms with van der Waals surface area (Å²) in [5, 5.41) is 22.4. The number of aliphatic hydroxyl groups is 1. The average Bonchev–Trinajstić information content (AvgIpc) is 3.58. The van der Waals surface area contributed by atoms with Gasteiger partial charge in [-0.3, -0.25) is 5.10 Å². The molecule has 12 heteroatoms. The summed E-state index contributed by atoms with van der Waals surface area (Å²) in [7, 11) is 1.29. The predicted octanol–water partition coefficient (Wildman–Crippen LogP) is 4.54. The van der Waals surface area contributed by atoms with Crippen LogP contribution in [0.25, 0.3) is 0 Å². The first-order chi connectivity index (χ1) is 21.0. The van der Waals surface area contributed by atoms with E-state index < -0.39 is 24.3 Å². The van der Waals surface area contributed by atoms with E-state index in [0.717, 1.165) is 22.3 Å². The quantitative estimate of drug-likeness (QED) is 0.143. The van der Waals surface area contributed by atoms with Crippen LogP contribution in [0.2, 0.25) is 0 Å². The van der Waals surface area contributed by atoms with E-state index in [1.54, 1.807) is 12.1 Å². The summed E-state index contributed by atoms with van der Waals surface area (Å²) in [6.07, 6.45) is 1.40. The number of hydrogen-bond donors (Lipinski definition) is 4. The number of rotatable bonds is 11. The Morgan fingerprint density at radius 1 is 1.02 bits per heavy atom. The fraction of sp³-hybridized carbons (Fsp3) is 0.290. The number of anilines is 1. The molecule has 1 saturated heterocycles. The molecule has 1 aliphatic rings. The van der Waals surface area contributed by atoms with Crippen molar-refractivity contribution >= 4 is 29.4 Å². The number of nitrogens with zero attached hydrogens (tertiary/aromatic N) is 2. The number of esters is 1. The number of carbonyl (C=O) groups is 2. The lowest BCUT2D eigenvalue weighted by Gasteiger charge is -2.36. The molecule has 0 unspecified atom stereocenters. The summed E-state index contributed by atoms with van der Waals surface area (Å²) in [5.74, 6) is 0.113. The van der Waals surface area contributed by atoms with Crippen LogP contribution in [0.5, 0.6) is 0 Å². The number of H-pyrrole nitrogens is 1. The second-order valence-electron chi connectivity index (χ2n) is 9.94. The molecule has 0 saturated carbocycles. The Morgan fingerprint density at radius 3 is 2.44 bits per heavy atom. The number of hydrogen-bond acceptors (Lipinski definition) is 9. The van der Waals surface area contributed by atoms with Crippen molar-refractivity contribution in [1.29, 1.82) is 0 Å². The fourth-order valence-electron chi connectivity index (χ4n) is 4.69. The molecule has 2 heterocycles. The average molecular weight is 604 g/mol. The van der Waals surface area contributed by atoms with Crippen LogP contribution in [0.3, 0.4) is 0 Å². The summed E-state index contributed by atoms with van der Waals surface area (Å²) in [5.41, 5.74) is 4.04. The van der Waals surface area contributed by atoms with E-state index in [2.05, 4.69) is 25.8 Å². The van der Waals surface area contributed by atoms with Crippen molar-refractivity contribution in [2.75, 3.05) is 18.2 Å². The fourth-order valence-corrected chi connectivity index (χ4v) is 5.49. The van der Waals surface area contributed by atoms with E-state index in [0.29, 0.717) is 29.4 Å². The third-order valence-electron chi connectivity index (χ3n) is 6.93. The Balaban J connectivity index is 1.24. The Morgan fingerprint density at radius 2 is 1.77 bits per heavy atom. The molecule has 4 aromatic rings. The van der Waals surface area contributed by atoms with Gasteiger partial charge < -0.3 is 30.0 Å². The first-order valence-electron chi connectivity index (χ1n) is 13.8. The van der Waals surface area contributed by atoms with Gasteiger partial charge >= 0.3 is 12.0 Å². The summed E-state index contributed by atoms with van der Waals surface area (Å²) >= 11 is 1.52. The normalized spacial score (nSPS) is 18.9. The van der Waals surface area contributed by atoms with Gasteiger partial charge in [-0.15, -0.1) is 0 Å².